The maximum Gasteiger partial charge on any atom is 0.313 e. The van der Waals surface area contributed by atoms with Gasteiger partial charge in [-0.15, -0.1) is 0 Å². The van der Waals surface area contributed by atoms with Crippen molar-refractivity contribution >= 4 is 29.8 Å². The van der Waals surface area contributed by atoms with Crippen molar-refractivity contribution in [2.24, 2.45) is 174 Å². The highest BCUT2D eigenvalue weighted by atomic mass is 16.7. The Morgan fingerprint density at radius 2 is 0.781 bits per heavy atom. The first-order chi connectivity index (χ1) is 55.3. The normalized spacial score (nSPS) is 37.3. The monoisotopic (exact) mass is 1810 g/mol. The van der Waals surface area contributed by atoms with Gasteiger partial charge in [-0.25, -0.2) is 0 Å². The molecule has 0 N–H and O–H groups in total. The lowest BCUT2D eigenvalue weighted by Crippen LogP contribution is -2.72. The van der Waals surface area contributed by atoms with Crippen LogP contribution in [0.2, 0.25) is 0 Å². The fraction of sp³-hybridized carbons (Fsp3) is 0.957. The van der Waals surface area contributed by atoms with Crippen LogP contribution in [-0.2, 0) is 57.1 Å². The standard InChI is InChI=1S/C21H32O2.C21H36O2.C20H32O3.C18H30O3.C16H28O2.5C2H6.10CH4/c1-5-20(2,3)19(22)23-21(4)12-9-14-13-6-11-7-16(14)18(21)17(8-11)15(13)10-12;1-8-18(3,4)17(22)23-20(7)11-12-21-13-16(20)19(5,6)15(21)10-9-14(21)2;1-5-20(3,4)19(21)23-11(2)22-16-10-14-9-15(16)18-13-7-6-12(8-13)17(14)18;1-5-17(3,4)16(19)20-12(2)21-18-9-13-6-14(10-18)8-15(7-13)11-18;1-6-15(2,3)14(17)18-16(4,5)13-10-11-7-8-12(13)9-11;5*1-2;;;;;;;;;;/h11-18H,5-10H2,1-4H3;14-16H,8-13H2,1-7H3;11-18H,5-10H2,1-4H3;12-15H,5-11H2,1-4H3;11-13H,6-10H2,1-5H3;5*1-2H3;10*1H4. The Balaban J connectivity index is -0.00000146. The van der Waals surface area contributed by atoms with E-state index in [0.717, 1.165) is 151 Å². The molecule has 1 spiro atoms. The summed E-state index contributed by atoms with van der Waals surface area (Å²) >= 11 is 0. The van der Waals surface area contributed by atoms with E-state index in [-0.39, 0.29) is 148 Å². The third kappa shape index (κ3) is 25.6. The van der Waals surface area contributed by atoms with E-state index in [1.54, 1.807) is 0 Å². The second-order valence-electron chi connectivity index (χ2n) is 45.9. The molecular weight excluding hydrogens is 1590 g/mol. The molecule has 12 heteroatoms. The van der Waals surface area contributed by atoms with E-state index in [1.807, 2.05) is 173 Å². The van der Waals surface area contributed by atoms with E-state index in [4.69, 9.17) is 33.2 Å². The number of rotatable bonds is 20. The summed E-state index contributed by atoms with van der Waals surface area (Å²) in [4.78, 5) is 62.3. The fourth-order valence-corrected chi connectivity index (χ4v) is 29.5. The maximum atomic E-state index is 12.9. The van der Waals surface area contributed by atoms with Gasteiger partial charge < -0.3 is 33.2 Å². The van der Waals surface area contributed by atoms with Gasteiger partial charge in [-0.1, -0.05) is 205 Å². The highest BCUT2D eigenvalue weighted by Gasteiger charge is 2.73. The van der Waals surface area contributed by atoms with Gasteiger partial charge in [0.05, 0.1) is 38.8 Å². The van der Waals surface area contributed by atoms with Crippen molar-refractivity contribution in [3.63, 3.8) is 0 Å². The molecule has 20 aliphatic rings. The molecule has 20 bridgehead atoms. The number of carbonyl (C=O) groups excluding carboxylic acids is 5. The van der Waals surface area contributed by atoms with Crippen LogP contribution in [0.15, 0.2) is 0 Å². The van der Waals surface area contributed by atoms with E-state index in [9.17, 15) is 24.0 Å². The average molecular weight is 1820 g/mol. The molecular formula is C116H228O12. The first kappa shape index (κ1) is 129. The molecule has 0 aliphatic heterocycles. The van der Waals surface area contributed by atoms with Crippen LogP contribution in [0.5, 0.6) is 0 Å². The summed E-state index contributed by atoms with van der Waals surface area (Å²) in [7, 11) is 0. The van der Waals surface area contributed by atoms with Crippen LogP contribution in [-0.4, -0.2) is 70.9 Å². The Morgan fingerprint density at radius 3 is 1.23 bits per heavy atom. The molecule has 12 nitrogen and oxygen atoms in total. The first-order valence-electron chi connectivity index (χ1n) is 50.8. The van der Waals surface area contributed by atoms with Gasteiger partial charge >= 0.3 is 29.8 Å². The minimum absolute atomic E-state index is 0. The first-order valence-corrected chi connectivity index (χ1v) is 50.8. The van der Waals surface area contributed by atoms with E-state index >= 15 is 0 Å². The molecule has 764 valence electrons. The van der Waals surface area contributed by atoms with Gasteiger partial charge in [-0.05, 0) is 426 Å². The smallest absolute Gasteiger partial charge is 0.313 e. The fourth-order valence-electron chi connectivity index (χ4n) is 29.5. The summed E-state index contributed by atoms with van der Waals surface area (Å²) in [6.07, 6.45) is 37.1. The Morgan fingerprint density at radius 1 is 0.367 bits per heavy atom. The summed E-state index contributed by atoms with van der Waals surface area (Å²) in [6, 6.07) is 0. The van der Waals surface area contributed by atoms with Gasteiger partial charge in [0, 0.05) is 17.8 Å². The van der Waals surface area contributed by atoms with Gasteiger partial charge in [-0.2, -0.15) is 0 Å². The third-order valence-electron chi connectivity index (χ3n) is 37.1. The van der Waals surface area contributed by atoms with Crippen molar-refractivity contribution in [1.82, 2.24) is 0 Å². The summed E-state index contributed by atoms with van der Waals surface area (Å²) < 4.78 is 42.3. The molecule has 20 aliphatic carbocycles. The van der Waals surface area contributed by atoms with Crippen LogP contribution < -0.4 is 0 Å². The topological polar surface area (TPSA) is 150 Å². The average Bonchev–Trinajstić information content (AvgIpc) is 0.911. The van der Waals surface area contributed by atoms with Crippen molar-refractivity contribution in [2.45, 2.75) is 543 Å². The number of hydrogen-bond acceptors (Lipinski definition) is 12. The van der Waals surface area contributed by atoms with Gasteiger partial charge in [0.1, 0.15) is 16.8 Å². The van der Waals surface area contributed by atoms with Crippen LogP contribution in [0.25, 0.3) is 0 Å². The van der Waals surface area contributed by atoms with E-state index in [1.165, 1.54) is 154 Å². The molecule has 0 aromatic rings. The van der Waals surface area contributed by atoms with Crippen LogP contribution in [0.4, 0.5) is 0 Å². The maximum absolute atomic E-state index is 12.9. The Hall–Kier alpha value is -2.73. The second-order valence-corrected chi connectivity index (χ2v) is 45.9. The molecule has 20 fully saturated rings. The van der Waals surface area contributed by atoms with E-state index in [0.29, 0.717) is 35.2 Å². The van der Waals surface area contributed by atoms with Crippen molar-refractivity contribution < 1.29 is 57.1 Å². The quantitative estimate of drug-likeness (QED) is 0.0494. The number of esters is 5. The van der Waals surface area contributed by atoms with Crippen molar-refractivity contribution in [3.8, 4) is 0 Å². The molecule has 0 radical (unpaired) electrons. The van der Waals surface area contributed by atoms with Gasteiger partial charge in [0.2, 0.25) is 6.29 Å². The predicted octanol–water partition coefficient (Wildman–Crippen LogP) is 34.6. The SMILES string of the molecule is C.C.C.C.C.C.C.C.C.C.CC.CC.CC.CC.CC.CCC(C)(C)C(=O)OC(C)(C)C1CC2CCC1C2.CCC(C)(C)C(=O)OC(C)OC12CC3CC(CC(C3)C1)C2.CCC(C)(C)C(=O)OC(C)OC1CC2CC1C1C3CCC(C3)C21.CCC(C)(C)C(=O)OC1(C)C2CC3C4CC5CC3C1C(C5)C4C2.CCC(C)(C)C(=O)OC1(C)CCC23CC1C(C)(C)C2CCC3C. The van der Waals surface area contributed by atoms with E-state index < -0.39 is 23.4 Å². The number of fused-ring (bicyclic) bond motifs is 12. The summed E-state index contributed by atoms with van der Waals surface area (Å²) in [6.45, 7) is 70.0. The summed E-state index contributed by atoms with van der Waals surface area (Å²) in [5.41, 5.74) is -1.81. The van der Waals surface area contributed by atoms with Crippen LogP contribution in [0.3, 0.4) is 0 Å². The largest absolute Gasteiger partial charge is 0.459 e. The molecule has 22 atom stereocenters. The second kappa shape index (κ2) is 50.6. The molecule has 22 unspecified atom stereocenters. The Kier molecular flexibility index (Phi) is 51.1. The zero-order valence-corrected chi connectivity index (χ0v) is 83.1. The summed E-state index contributed by atoms with van der Waals surface area (Å²) in [5, 5.41) is 0. The molecule has 20 rings (SSSR count). The lowest BCUT2D eigenvalue weighted by Gasteiger charge is -2.74. The van der Waals surface area contributed by atoms with Crippen molar-refractivity contribution in [1.29, 1.82) is 0 Å². The Bertz CT molecular complexity index is 3200. The van der Waals surface area contributed by atoms with E-state index in [2.05, 4.69) is 62.3 Å². The highest BCUT2D eigenvalue weighted by molar-refractivity contribution is 5.78. The number of hydrogen-bond donors (Lipinski definition) is 0. The number of ether oxygens (including phenoxy) is 7. The molecule has 128 heavy (non-hydrogen) atoms. The minimum atomic E-state index is -0.418. The molecule has 0 heterocycles. The van der Waals surface area contributed by atoms with Crippen LogP contribution in [0.1, 0.15) is 502 Å². The Labute approximate surface area is 799 Å². The van der Waals surface area contributed by atoms with Gasteiger partial charge in [0.25, 0.3) is 0 Å². The number of carbonyl (C=O) groups is 5. The van der Waals surface area contributed by atoms with Gasteiger partial charge in [0.15, 0.2) is 6.29 Å². The predicted molar refractivity (Wildman–Crippen MR) is 551 cm³/mol. The zero-order chi connectivity index (χ0) is 88.6. The third-order valence-corrected chi connectivity index (χ3v) is 37.1. The highest BCUT2D eigenvalue weighted by Crippen LogP contribution is 2.76. The van der Waals surface area contributed by atoms with Crippen molar-refractivity contribution in [2.75, 3.05) is 0 Å². The molecule has 20 saturated carbocycles. The van der Waals surface area contributed by atoms with Crippen LogP contribution >= 0.6 is 0 Å². The zero-order valence-electron chi connectivity index (χ0n) is 83.1. The van der Waals surface area contributed by atoms with Crippen LogP contribution in [0, 0.1) is 174 Å². The molecule has 0 aromatic heterocycles. The molecule has 0 aromatic carbocycles. The molecule has 0 amide bonds. The lowest BCUT2D eigenvalue weighted by molar-refractivity contribution is -0.291. The molecule has 0 saturated heterocycles. The lowest BCUT2D eigenvalue weighted by atomic mass is 9.33. The van der Waals surface area contributed by atoms with Gasteiger partial charge in [-0.3, -0.25) is 24.0 Å². The minimum Gasteiger partial charge on any atom is -0.459 e. The van der Waals surface area contributed by atoms with Crippen molar-refractivity contribution in [3.05, 3.63) is 0 Å². The summed E-state index contributed by atoms with van der Waals surface area (Å²) in [5.74, 6) is 19.3.